The van der Waals surface area contributed by atoms with Crippen LogP contribution in [0.5, 0.6) is 0 Å². The summed E-state index contributed by atoms with van der Waals surface area (Å²) >= 11 is 0. The zero-order valence-electron chi connectivity index (χ0n) is 9.41. The summed E-state index contributed by atoms with van der Waals surface area (Å²) in [5, 5.41) is 6.04. The molecule has 0 aromatic carbocycles. The molecule has 0 aromatic rings. The molecule has 4 nitrogen and oxygen atoms in total. The van der Waals surface area contributed by atoms with Crippen LogP contribution in [-0.2, 0) is 15.6 Å². The number of hydrogen-bond donors (Lipinski definition) is 2. The van der Waals surface area contributed by atoms with Gasteiger partial charge in [-0.15, -0.1) is 0 Å². The molecule has 1 fully saturated rings. The molecule has 1 saturated heterocycles. The van der Waals surface area contributed by atoms with Gasteiger partial charge in [-0.2, -0.15) is 0 Å². The highest BCUT2D eigenvalue weighted by Crippen LogP contribution is 2.15. The molecular formula is C10H20N2O2S. The Kier molecular flexibility index (Phi) is 5.25. The molecule has 5 heteroatoms. The average molecular weight is 232 g/mol. The van der Waals surface area contributed by atoms with E-state index in [1.807, 2.05) is 6.92 Å². The van der Waals surface area contributed by atoms with Gasteiger partial charge in [-0.1, -0.05) is 13.8 Å². The molecule has 0 aliphatic carbocycles. The number of rotatable bonds is 5. The van der Waals surface area contributed by atoms with Gasteiger partial charge >= 0.3 is 0 Å². The maximum atomic E-state index is 11.7. The molecule has 1 aliphatic heterocycles. The van der Waals surface area contributed by atoms with Crippen molar-refractivity contribution in [3.8, 4) is 0 Å². The SMILES string of the molecule is CCS(=O)CCNC(=O)[C@@H]1CNC[C@H]1C. The molecule has 88 valence electrons. The molecule has 1 aliphatic rings. The quantitative estimate of drug-likeness (QED) is 0.686. The highest BCUT2D eigenvalue weighted by molar-refractivity contribution is 7.84. The van der Waals surface area contributed by atoms with Crippen molar-refractivity contribution in [2.75, 3.05) is 31.1 Å². The van der Waals surface area contributed by atoms with Crippen molar-refractivity contribution in [1.82, 2.24) is 10.6 Å². The molecule has 0 bridgehead atoms. The summed E-state index contributed by atoms with van der Waals surface area (Å²) in [6.45, 7) is 6.18. The Hall–Kier alpha value is -0.420. The summed E-state index contributed by atoms with van der Waals surface area (Å²) in [6.07, 6.45) is 0. The van der Waals surface area contributed by atoms with E-state index in [9.17, 15) is 9.00 Å². The summed E-state index contributed by atoms with van der Waals surface area (Å²) < 4.78 is 11.1. The largest absolute Gasteiger partial charge is 0.355 e. The first-order chi connectivity index (χ1) is 7.15. The number of carbonyl (C=O) groups is 1. The number of hydrogen-bond acceptors (Lipinski definition) is 3. The van der Waals surface area contributed by atoms with Gasteiger partial charge in [0.2, 0.25) is 5.91 Å². The summed E-state index contributed by atoms with van der Waals surface area (Å²) in [5.41, 5.74) is 0. The van der Waals surface area contributed by atoms with Crippen LogP contribution in [0, 0.1) is 11.8 Å². The minimum atomic E-state index is -0.784. The Bertz CT molecular complexity index is 246. The molecule has 15 heavy (non-hydrogen) atoms. The predicted octanol–water partition coefficient (Wildman–Crippen LogP) is -0.273. The van der Waals surface area contributed by atoms with Crippen molar-refractivity contribution in [2.45, 2.75) is 13.8 Å². The third-order valence-electron chi connectivity index (χ3n) is 2.81. The van der Waals surface area contributed by atoms with E-state index in [1.165, 1.54) is 0 Å². The first-order valence-corrected chi connectivity index (χ1v) is 6.97. The van der Waals surface area contributed by atoms with Crippen molar-refractivity contribution >= 4 is 16.7 Å². The smallest absolute Gasteiger partial charge is 0.224 e. The van der Waals surface area contributed by atoms with E-state index < -0.39 is 10.8 Å². The van der Waals surface area contributed by atoms with Crippen LogP contribution in [0.15, 0.2) is 0 Å². The molecule has 1 heterocycles. The van der Waals surface area contributed by atoms with Crippen LogP contribution >= 0.6 is 0 Å². The van der Waals surface area contributed by atoms with E-state index in [0.29, 0.717) is 24.0 Å². The zero-order chi connectivity index (χ0) is 11.3. The van der Waals surface area contributed by atoms with E-state index in [0.717, 1.165) is 13.1 Å². The van der Waals surface area contributed by atoms with Crippen molar-refractivity contribution in [1.29, 1.82) is 0 Å². The van der Waals surface area contributed by atoms with E-state index in [1.54, 1.807) is 0 Å². The first-order valence-electron chi connectivity index (χ1n) is 5.48. The fourth-order valence-electron chi connectivity index (χ4n) is 1.72. The van der Waals surface area contributed by atoms with Gasteiger partial charge in [0, 0.05) is 35.4 Å². The second kappa shape index (κ2) is 6.23. The van der Waals surface area contributed by atoms with Crippen LogP contribution in [-0.4, -0.2) is 41.3 Å². The van der Waals surface area contributed by atoms with Gasteiger partial charge in [0.15, 0.2) is 0 Å². The third-order valence-corrected chi connectivity index (χ3v) is 4.11. The second-order valence-electron chi connectivity index (χ2n) is 3.97. The second-order valence-corrected chi connectivity index (χ2v) is 5.83. The van der Waals surface area contributed by atoms with Gasteiger partial charge in [-0.25, -0.2) is 0 Å². The minimum absolute atomic E-state index is 0.0834. The van der Waals surface area contributed by atoms with E-state index in [-0.39, 0.29) is 11.8 Å². The molecule has 0 saturated carbocycles. The fourth-order valence-corrected chi connectivity index (χ4v) is 2.34. The molecule has 1 rings (SSSR count). The van der Waals surface area contributed by atoms with Crippen LogP contribution in [0.4, 0.5) is 0 Å². The first kappa shape index (κ1) is 12.6. The van der Waals surface area contributed by atoms with Gasteiger partial charge in [-0.05, 0) is 12.5 Å². The van der Waals surface area contributed by atoms with Crippen LogP contribution in [0.3, 0.4) is 0 Å². The van der Waals surface area contributed by atoms with Crippen LogP contribution in [0.1, 0.15) is 13.8 Å². The van der Waals surface area contributed by atoms with E-state index in [2.05, 4.69) is 17.6 Å². The lowest BCUT2D eigenvalue weighted by atomic mass is 9.97. The van der Waals surface area contributed by atoms with Crippen molar-refractivity contribution < 1.29 is 9.00 Å². The zero-order valence-corrected chi connectivity index (χ0v) is 10.2. The van der Waals surface area contributed by atoms with Crippen molar-refractivity contribution in [3.63, 3.8) is 0 Å². The normalized spacial score (nSPS) is 27.6. The molecule has 1 unspecified atom stereocenters. The van der Waals surface area contributed by atoms with Crippen LogP contribution in [0.2, 0.25) is 0 Å². The topological polar surface area (TPSA) is 58.2 Å². The lowest BCUT2D eigenvalue weighted by Gasteiger charge is -2.13. The lowest BCUT2D eigenvalue weighted by molar-refractivity contribution is -0.125. The Morgan fingerprint density at radius 2 is 2.27 bits per heavy atom. The Labute approximate surface area is 93.7 Å². The molecule has 0 spiro atoms. The molecular weight excluding hydrogens is 212 g/mol. The van der Waals surface area contributed by atoms with Crippen molar-refractivity contribution in [3.05, 3.63) is 0 Å². The maximum Gasteiger partial charge on any atom is 0.224 e. The summed E-state index contributed by atoms with van der Waals surface area (Å²) in [5.74, 6) is 1.82. The van der Waals surface area contributed by atoms with E-state index >= 15 is 0 Å². The maximum absolute atomic E-state index is 11.7. The van der Waals surface area contributed by atoms with Crippen molar-refractivity contribution in [2.24, 2.45) is 11.8 Å². The summed E-state index contributed by atoms with van der Waals surface area (Å²) in [4.78, 5) is 11.7. The highest BCUT2D eigenvalue weighted by atomic mass is 32.2. The fraction of sp³-hybridized carbons (Fsp3) is 0.900. The Morgan fingerprint density at radius 1 is 1.53 bits per heavy atom. The van der Waals surface area contributed by atoms with E-state index in [4.69, 9.17) is 0 Å². The molecule has 3 atom stereocenters. The van der Waals surface area contributed by atoms with Gasteiger partial charge in [0.25, 0.3) is 0 Å². The summed E-state index contributed by atoms with van der Waals surface area (Å²) in [7, 11) is -0.784. The molecule has 0 radical (unpaired) electrons. The van der Waals surface area contributed by atoms with Crippen LogP contribution in [0.25, 0.3) is 0 Å². The summed E-state index contributed by atoms with van der Waals surface area (Å²) in [6, 6.07) is 0. The molecule has 2 N–H and O–H groups in total. The predicted molar refractivity (Wildman–Crippen MR) is 62.1 cm³/mol. The molecule has 0 aromatic heterocycles. The Balaban J connectivity index is 2.21. The average Bonchev–Trinajstić information content (AvgIpc) is 2.64. The standard InChI is InChI=1S/C10H20N2O2S/c1-3-15(14)5-4-12-10(13)9-7-11-6-8(9)2/h8-9,11H,3-7H2,1-2H3,(H,12,13)/t8-,9-,15?/m1/s1. The number of carbonyl (C=O) groups excluding carboxylic acids is 1. The third kappa shape index (κ3) is 3.91. The lowest BCUT2D eigenvalue weighted by Crippen LogP contribution is -2.36. The number of nitrogens with one attached hydrogen (secondary N) is 2. The van der Waals surface area contributed by atoms with Gasteiger partial charge < -0.3 is 10.6 Å². The van der Waals surface area contributed by atoms with Crippen LogP contribution < -0.4 is 10.6 Å². The van der Waals surface area contributed by atoms with Gasteiger partial charge in [0.1, 0.15) is 0 Å². The highest BCUT2D eigenvalue weighted by Gasteiger charge is 2.28. The monoisotopic (exact) mass is 232 g/mol. The molecule has 1 amide bonds. The minimum Gasteiger partial charge on any atom is -0.355 e. The van der Waals surface area contributed by atoms with Gasteiger partial charge in [-0.3, -0.25) is 9.00 Å². The number of amides is 1. The Morgan fingerprint density at radius 3 is 2.80 bits per heavy atom. The van der Waals surface area contributed by atoms with Gasteiger partial charge in [0.05, 0.1) is 5.92 Å².